The summed E-state index contributed by atoms with van der Waals surface area (Å²) in [5.74, 6) is -0.202. The number of nitrogens with zero attached hydrogens (tertiary/aromatic N) is 2. The highest BCUT2D eigenvalue weighted by Gasteiger charge is 2.23. The lowest BCUT2D eigenvalue weighted by molar-refractivity contribution is -0.0116. The standard InChI is InChI=1S/C17H17N3O/c1-12-8-10-15(11-9-12)17(21)19-16(13(2)20-18)14-6-4-3-5-7-14/h3-11,16H,1-2H3,(H,19,21). The minimum atomic E-state index is -0.454. The van der Waals surface area contributed by atoms with E-state index in [0.29, 0.717) is 11.3 Å². The number of hydrogen-bond donors (Lipinski definition) is 1. The summed E-state index contributed by atoms with van der Waals surface area (Å²) in [6, 6.07) is 16.3. The van der Waals surface area contributed by atoms with Crippen LogP contribution in [-0.2, 0) is 0 Å². The Balaban J connectivity index is 2.25. The van der Waals surface area contributed by atoms with Crippen molar-refractivity contribution in [3.05, 3.63) is 76.8 Å². The summed E-state index contributed by atoms with van der Waals surface area (Å²) in [5.41, 5.74) is 12.0. The van der Waals surface area contributed by atoms with Crippen molar-refractivity contribution < 1.29 is 9.58 Å². The lowest BCUT2D eigenvalue weighted by atomic mass is 10.0. The summed E-state index contributed by atoms with van der Waals surface area (Å²) < 4.78 is 0. The predicted molar refractivity (Wildman–Crippen MR) is 82.1 cm³/mol. The lowest BCUT2D eigenvalue weighted by Crippen LogP contribution is -2.33. The van der Waals surface area contributed by atoms with E-state index in [1.54, 1.807) is 19.1 Å². The smallest absolute Gasteiger partial charge is 0.292 e. The van der Waals surface area contributed by atoms with Gasteiger partial charge in [0.25, 0.3) is 11.6 Å². The van der Waals surface area contributed by atoms with Crippen molar-refractivity contribution in [2.45, 2.75) is 19.9 Å². The SMILES string of the molecule is CC(=[N+]=[N-])C(NC(=O)c1ccc(C)cc1)c1ccccc1. The van der Waals surface area contributed by atoms with Gasteiger partial charge in [0, 0.05) is 12.5 Å². The molecule has 0 aliphatic heterocycles. The molecule has 1 unspecified atom stereocenters. The number of benzene rings is 2. The Morgan fingerprint density at radius 2 is 1.71 bits per heavy atom. The van der Waals surface area contributed by atoms with Crippen LogP contribution in [0.1, 0.15) is 34.5 Å². The molecule has 4 nitrogen and oxygen atoms in total. The Hall–Kier alpha value is -2.71. The van der Waals surface area contributed by atoms with Gasteiger partial charge in [-0.25, -0.2) is 0 Å². The average Bonchev–Trinajstić information content (AvgIpc) is 2.53. The fourth-order valence-corrected chi connectivity index (χ4v) is 2.05. The summed E-state index contributed by atoms with van der Waals surface area (Å²) in [6.45, 7) is 3.64. The first-order valence-corrected chi connectivity index (χ1v) is 6.73. The van der Waals surface area contributed by atoms with Crippen molar-refractivity contribution >= 4 is 11.6 Å². The first kappa shape index (κ1) is 14.7. The maximum atomic E-state index is 12.3. The van der Waals surface area contributed by atoms with Crippen LogP contribution >= 0.6 is 0 Å². The highest BCUT2D eigenvalue weighted by atomic mass is 16.1. The number of carbonyl (C=O) groups is 1. The van der Waals surface area contributed by atoms with Crippen LogP contribution in [0.15, 0.2) is 54.6 Å². The third kappa shape index (κ3) is 3.65. The van der Waals surface area contributed by atoms with Crippen LogP contribution < -0.4 is 5.32 Å². The van der Waals surface area contributed by atoms with E-state index in [-0.39, 0.29) is 5.91 Å². The highest BCUT2D eigenvalue weighted by molar-refractivity contribution is 5.97. The molecule has 0 radical (unpaired) electrons. The van der Waals surface area contributed by atoms with Gasteiger partial charge in [-0.2, -0.15) is 4.79 Å². The van der Waals surface area contributed by atoms with Gasteiger partial charge in [0.1, 0.15) is 0 Å². The maximum absolute atomic E-state index is 12.3. The summed E-state index contributed by atoms with van der Waals surface area (Å²) in [5, 5.41) is 2.89. The van der Waals surface area contributed by atoms with Gasteiger partial charge in [-0.15, -0.1) is 0 Å². The molecule has 0 spiro atoms. The third-order valence-corrected chi connectivity index (χ3v) is 3.30. The van der Waals surface area contributed by atoms with E-state index in [1.165, 1.54) is 0 Å². The van der Waals surface area contributed by atoms with E-state index < -0.39 is 6.04 Å². The van der Waals surface area contributed by atoms with Gasteiger partial charge < -0.3 is 10.8 Å². The molecule has 0 bridgehead atoms. The lowest BCUT2D eigenvalue weighted by Gasteiger charge is -2.14. The van der Waals surface area contributed by atoms with Crippen LogP contribution in [0, 0.1) is 6.92 Å². The molecule has 106 valence electrons. The summed E-state index contributed by atoms with van der Waals surface area (Å²) >= 11 is 0. The Labute approximate surface area is 124 Å². The monoisotopic (exact) mass is 279 g/mol. The molecule has 2 aromatic carbocycles. The number of nitrogens with one attached hydrogen (secondary N) is 1. The molecule has 2 rings (SSSR count). The van der Waals surface area contributed by atoms with E-state index in [4.69, 9.17) is 5.53 Å². The molecule has 1 atom stereocenters. The van der Waals surface area contributed by atoms with Crippen LogP contribution in [0.25, 0.3) is 5.53 Å². The molecule has 0 heterocycles. The number of hydrogen-bond acceptors (Lipinski definition) is 1. The van der Waals surface area contributed by atoms with Crippen molar-refractivity contribution in [2.75, 3.05) is 0 Å². The van der Waals surface area contributed by atoms with Crippen molar-refractivity contribution in [2.24, 2.45) is 0 Å². The van der Waals surface area contributed by atoms with Crippen molar-refractivity contribution in [1.29, 1.82) is 0 Å². The van der Waals surface area contributed by atoms with Crippen molar-refractivity contribution in [1.82, 2.24) is 5.32 Å². The Kier molecular flexibility index (Phi) is 4.64. The van der Waals surface area contributed by atoms with Gasteiger partial charge in [-0.05, 0) is 24.6 Å². The quantitative estimate of drug-likeness (QED) is 0.521. The van der Waals surface area contributed by atoms with E-state index in [0.717, 1.165) is 11.1 Å². The molecule has 0 aliphatic rings. The van der Waals surface area contributed by atoms with Crippen molar-refractivity contribution in [3.63, 3.8) is 0 Å². The summed E-state index contributed by atoms with van der Waals surface area (Å²) in [7, 11) is 0. The zero-order valence-corrected chi connectivity index (χ0v) is 12.1. The minimum absolute atomic E-state index is 0.202. The predicted octanol–water partition coefficient (Wildman–Crippen LogP) is 3.16. The summed E-state index contributed by atoms with van der Waals surface area (Å²) in [6.07, 6.45) is 0. The Bertz CT molecular complexity index is 671. The van der Waals surface area contributed by atoms with Crippen molar-refractivity contribution in [3.8, 4) is 0 Å². The van der Waals surface area contributed by atoms with E-state index in [1.807, 2.05) is 49.4 Å². The molecular weight excluding hydrogens is 262 g/mol. The second kappa shape index (κ2) is 6.64. The second-order valence-electron chi connectivity index (χ2n) is 4.92. The highest BCUT2D eigenvalue weighted by Crippen LogP contribution is 2.15. The minimum Gasteiger partial charge on any atom is -0.362 e. The van der Waals surface area contributed by atoms with Crippen LogP contribution in [0.2, 0.25) is 0 Å². The van der Waals surface area contributed by atoms with Gasteiger partial charge >= 0.3 is 0 Å². The van der Waals surface area contributed by atoms with E-state index in [2.05, 4.69) is 10.1 Å². The first-order valence-electron chi connectivity index (χ1n) is 6.73. The van der Waals surface area contributed by atoms with Crippen LogP contribution in [0.4, 0.5) is 0 Å². The van der Waals surface area contributed by atoms with Gasteiger partial charge in [0.05, 0.1) is 0 Å². The van der Waals surface area contributed by atoms with Gasteiger partial charge in [0.15, 0.2) is 6.04 Å². The largest absolute Gasteiger partial charge is 0.362 e. The van der Waals surface area contributed by atoms with Gasteiger partial charge in [-0.1, -0.05) is 48.0 Å². The fourth-order valence-electron chi connectivity index (χ4n) is 2.05. The van der Waals surface area contributed by atoms with Crippen LogP contribution in [0.5, 0.6) is 0 Å². The topological polar surface area (TPSA) is 65.5 Å². The average molecular weight is 279 g/mol. The molecule has 1 amide bonds. The fraction of sp³-hybridized carbons (Fsp3) is 0.176. The number of aryl methyl sites for hydroxylation is 1. The first-order chi connectivity index (χ1) is 10.1. The zero-order valence-electron chi connectivity index (χ0n) is 12.1. The number of rotatable bonds is 4. The molecule has 21 heavy (non-hydrogen) atoms. The van der Waals surface area contributed by atoms with E-state index >= 15 is 0 Å². The van der Waals surface area contributed by atoms with Gasteiger partial charge in [-0.3, -0.25) is 4.79 Å². The summed E-state index contributed by atoms with van der Waals surface area (Å²) in [4.78, 5) is 15.5. The molecule has 0 saturated heterocycles. The molecule has 4 heteroatoms. The van der Waals surface area contributed by atoms with E-state index in [9.17, 15) is 4.79 Å². The third-order valence-electron chi connectivity index (χ3n) is 3.30. The second-order valence-corrected chi connectivity index (χ2v) is 4.92. The van der Waals surface area contributed by atoms with Gasteiger partial charge in [0.2, 0.25) is 0 Å². The van der Waals surface area contributed by atoms with Crippen LogP contribution in [0.3, 0.4) is 0 Å². The molecular formula is C17H17N3O. The molecule has 0 aromatic heterocycles. The molecule has 1 N–H and O–H groups in total. The number of carbonyl (C=O) groups excluding carboxylic acids is 1. The molecule has 2 aromatic rings. The zero-order chi connectivity index (χ0) is 15.2. The number of amides is 1. The molecule has 0 aliphatic carbocycles. The Morgan fingerprint density at radius 3 is 2.29 bits per heavy atom. The van der Waals surface area contributed by atoms with Crippen LogP contribution in [-0.4, -0.2) is 16.4 Å². The maximum Gasteiger partial charge on any atom is 0.292 e. The normalized spacial score (nSPS) is 11.3. The Morgan fingerprint density at radius 1 is 1.10 bits per heavy atom. The molecule has 0 fully saturated rings. The molecule has 0 saturated carbocycles.